The van der Waals surface area contributed by atoms with Crippen LogP contribution in [0.5, 0.6) is 0 Å². The van der Waals surface area contributed by atoms with E-state index in [2.05, 4.69) is 20.3 Å². The average Bonchev–Trinajstić information content (AvgIpc) is 2.73. The van der Waals surface area contributed by atoms with Gasteiger partial charge in [0.05, 0.1) is 5.52 Å². The zero-order valence-electron chi connectivity index (χ0n) is 15.7. The summed E-state index contributed by atoms with van der Waals surface area (Å²) < 4.78 is 38.6. The van der Waals surface area contributed by atoms with Crippen LogP contribution in [0.1, 0.15) is 21.7 Å². The predicted molar refractivity (Wildman–Crippen MR) is 107 cm³/mol. The number of halogens is 3. The number of alkyl halides is 3. The Hall–Kier alpha value is -3.81. The van der Waals surface area contributed by atoms with Crippen LogP contribution in [-0.4, -0.2) is 20.9 Å². The predicted octanol–water partition coefficient (Wildman–Crippen LogP) is 5.27. The minimum atomic E-state index is -4.60. The first-order valence-corrected chi connectivity index (χ1v) is 8.99. The number of carbonyl (C=O) groups excluding carboxylic acids is 1. The largest absolute Gasteiger partial charge is 0.433 e. The number of pyridine rings is 3. The number of rotatable bonds is 3. The van der Waals surface area contributed by atoms with Gasteiger partial charge in [0.15, 0.2) is 0 Å². The quantitative estimate of drug-likeness (QED) is 0.501. The van der Waals surface area contributed by atoms with Crippen molar-refractivity contribution in [2.75, 3.05) is 5.32 Å². The smallest absolute Gasteiger partial charge is 0.321 e. The summed E-state index contributed by atoms with van der Waals surface area (Å²) in [6, 6.07) is 13.3. The van der Waals surface area contributed by atoms with E-state index in [0.29, 0.717) is 5.56 Å². The maximum absolute atomic E-state index is 12.9. The molecule has 30 heavy (non-hydrogen) atoms. The van der Waals surface area contributed by atoms with Crippen LogP contribution in [-0.2, 0) is 6.18 Å². The van der Waals surface area contributed by atoms with E-state index in [9.17, 15) is 18.0 Å². The molecule has 1 N–H and O–H groups in total. The molecule has 1 aromatic carbocycles. The van der Waals surface area contributed by atoms with Crippen LogP contribution in [0.4, 0.5) is 18.9 Å². The van der Waals surface area contributed by atoms with Crippen molar-refractivity contribution in [2.45, 2.75) is 13.1 Å². The Morgan fingerprint density at radius 2 is 1.70 bits per heavy atom. The number of carbonyl (C=O) groups is 1. The van der Waals surface area contributed by atoms with Gasteiger partial charge in [-0.3, -0.25) is 19.7 Å². The van der Waals surface area contributed by atoms with E-state index in [1.165, 1.54) is 12.3 Å². The molecule has 150 valence electrons. The third-order valence-electron chi connectivity index (χ3n) is 4.66. The van der Waals surface area contributed by atoms with Crippen molar-refractivity contribution in [3.63, 3.8) is 0 Å². The molecule has 0 radical (unpaired) electrons. The Morgan fingerprint density at radius 3 is 2.50 bits per heavy atom. The Bertz CT molecular complexity index is 1250. The molecule has 0 spiro atoms. The fourth-order valence-corrected chi connectivity index (χ4v) is 3.25. The topological polar surface area (TPSA) is 67.8 Å². The lowest BCUT2D eigenvalue weighted by atomic mass is 9.96. The molecule has 1 amide bonds. The fourth-order valence-electron chi connectivity index (χ4n) is 3.25. The number of anilines is 1. The lowest BCUT2D eigenvalue weighted by Gasteiger charge is -2.13. The van der Waals surface area contributed by atoms with Crippen molar-refractivity contribution in [3.8, 4) is 11.1 Å². The molecule has 0 aliphatic carbocycles. The van der Waals surface area contributed by atoms with Crippen LogP contribution in [0.25, 0.3) is 22.0 Å². The second kappa shape index (κ2) is 7.55. The van der Waals surface area contributed by atoms with E-state index < -0.39 is 17.8 Å². The summed E-state index contributed by atoms with van der Waals surface area (Å²) in [5.74, 6) is -0.605. The van der Waals surface area contributed by atoms with Gasteiger partial charge in [0.1, 0.15) is 11.4 Å². The fraction of sp³-hybridized carbons (Fsp3) is 0.0909. The molecule has 3 heterocycles. The molecule has 4 aromatic rings. The minimum absolute atomic E-state index is 0.0108. The van der Waals surface area contributed by atoms with Crippen LogP contribution in [0.15, 0.2) is 67.1 Å². The van der Waals surface area contributed by atoms with Crippen molar-refractivity contribution in [1.29, 1.82) is 0 Å². The summed E-state index contributed by atoms with van der Waals surface area (Å²) in [6.07, 6.45) is -0.399. The summed E-state index contributed by atoms with van der Waals surface area (Å²) in [4.78, 5) is 24.5. The first-order valence-electron chi connectivity index (χ1n) is 8.99. The summed E-state index contributed by atoms with van der Waals surface area (Å²) in [5.41, 5.74) is 2.13. The lowest BCUT2D eigenvalue weighted by molar-refractivity contribution is -0.141. The van der Waals surface area contributed by atoms with Crippen LogP contribution < -0.4 is 5.32 Å². The second-order valence-electron chi connectivity index (χ2n) is 6.59. The zero-order valence-corrected chi connectivity index (χ0v) is 15.7. The van der Waals surface area contributed by atoms with Crippen molar-refractivity contribution >= 4 is 22.5 Å². The molecule has 0 aliphatic rings. The van der Waals surface area contributed by atoms with Crippen LogP contribution in [0, 0.1) is 6.92 Å². The number of nitrogens with one attached hydrogen (secondary N) is 1. The Morgan fingerprint density at radius 1 is 0.900 bits per heavy atom. The molecule has 0 saturated heterocycles. The molecule has 0 saturated carbocycles. The second-order valence-corrected chi connectivity index (χ2v) is 6.59. The molecule has 0 atom stereocenters. The number of benzene rings is 1. The van der Waals surface area contributed by atoms with E-state index in [1.807, 2.05) is 30.3 Å². The van der Waals surface area contributed by atoms with E-state index in [1.54, 1.807) is 19.2 Å². The SMILES string of the molecule is Cc1c(-c2cccc3ncccc23)ccnc1C(=O)Nc1ccnc(C(F)(F)F)c1. The Kier molecular flexibility index (Phi) is 4.91. The number of aromatic nitrogens is 3. The summed E-state index contributed by atoms with van der Waals surface area (Å²) >= 11 is 0. The van der Waals surface area contributed by atoms with Gasteiger partial charge in [0.2, 0.25) is 0 Å². The van der Waals surface area contributed by atoms with Crippen LogP contribution in [0.3, 0.4) is 0 Å². The van der Waals surface area contributed by atoms with Crippen LogP contribution >= 0.6 is 0 Å². The van der Waals surface area contributed by atoms with Gasteiger partial charge in [-0.25, -0.2) is 0 Å². The summed E-state index contributed by atoms with van der Waals surface area (Å²) in [5, 5.41) is 3.39. The number of nitrogens with zero attached hydrogens (tertiary/aromatic N) is 3. The average molecular weight is 408 g/mol. The van der Waals surface area contributed by atoms with E-state index >= 15 is 0 Å². The number of amides is 1. The van der Waals surface area contributed by atoms with Crippen molar-refractivity contribution in [3.05, 3.63) is 84.1 Å². The molecule has 8 heteroatoms. The van der Waals surface area contributed by atoms with Gasteiger partial charge in [-0.05, 0) is 53.9 Å². The monoisotopic (exact) mass is 408 g/mol. The first-order chi connectivity index (χ1) is 14.3. The molecule has 5 nitrogen and oxygen atoms in total. The van der Waals surface area contributed by atoms with Gasteiger partial charge in [-0.2, -0.15) is 13.2 Å². The van der Waals surface area contributed by atoms with Crippen LogP contribution in [0.2, 0.25) is 0 Å². The number of hydrogen-bond acceptors (Lipinski definition) is 4. The first kappa shape index (κ1) is 19.5. The van der Waals surface area contributed by atoms with E-state index in [4.69, 9.17) is 0 Å². The van der Waals surface area contributed by atoms with Gasteiger partial charge in [-0.1, -0.05) is 18.2 Å². The molecular weight excluding hydrogens is 393 g/mol. The highest BCUT2D eigenvalue weighted by Crippen LogP contribution is 2.31. The van der Waals surface area contributed by atoms with Crippen molar-refractivity contribution in [1.82, 2.24) is 15.0 Å². The third kappa shape index (κ3) is 3.71. The molecule has 4 rings (SSSR count). The summed E-state index contributed by atoms with van der Waals surface area (Å²) in [7, 11) is 0. The van der Waals surface area contributed by atoms with Gasteiger partial charge >= 0.3 is 6.18 Å². The van der Waals surface area contributed by atoms with E-state index in [0.717, 1.165) is 34.3 Å². The molecule has 0 bridgehead atoms. The van der Waals surface area contributed by atoms with Crippen molar-refractivity contribution in [2.24, 2.45) is 0 Å². The lowest BCUT2D eigenvalue weighted by Crippen LogP contribution is -2.17. The third-order valence-corrected chi connectivity index (χ3v) is 4.66. The normalized spacial score (nSPS) is 11.5. The number of fused-ring (bicyclic) bond motifs is 1. The Labute approximate surface area is 169 Å². The highest BCUT2D eigenvalue weighted by molar-refractivity contribution is 6.05. The van der Waals surface area contributed by atoms with Gasteiger partial charge in [0, 0.05) is 29.7 Å². The molecule has 0 aliphatic heterocycles. The standard InChI is InChI=1S/C22H15F3N4O/c1-13-15(16-4-2-6-18-17(16)5-3-9-26-18)8-11-28-20(13)21(30)29-14-7-10-27-19(12-14)22(23,24)25/h2-12H,1H3,(H,27,29,30). The molecule has 0 unspecified atom stereocenters. The molecular formula is C22H15F3N4O. The summed E-state index contributed by atoms with van der Waals surface area (Å²) in [6.45, 7) is 1.75. The zero-order chi connectivity index (χ0) is 21.3. The van der Waals surface area contributed by atoms with Gasteiger partial charge < -0.3 is 5.32 Å². The van der Waals surface area contributed by atoms with E-state index in [-0.39, 0.29) is 11.4 Å². The highest BCUT2D eigenvalue weighted by atomic mass is 19.4. The molecule has 0 fully saturated rings. The molecule has 3 aromatic heterocycles. The van der Waals surface area contributed by atoms with Crippen molar-refractivity contribution < 1.29 is 18.0 Å². The highest BCUT2D eigenvalue weighted by Gasteiger charge is 2.32. The Balaban J connectivity index is 1.71. The van der Waals surface area contributed by atoms with Gasteiger partial charge in [0.25, 0.3) is 5.91 Å². The maximum atomic E-state index is 12.9. The maximum Gasteiger partial charge on any atom is 0.433 e. The minimum Gasteiger partial charge on any atom is -0.321 e. The van der Waals surface area contributed by atoms with Gasteiger partial charge in [-0.15, -0.1) is 0 Å². The number of hydrogen-bond donors (Lipinski definition) is 1.